The molecule has 0 saturated carbocycles. The molecule has 0 bridgehead atoms. The Balaban J connectivity index is 2.16. The molecule has 27 heavy (non-hydrogen) atoms. The average molecular weight is 448 g/mol. The van der Waals surface area contributed by atoms with Crippen LogP contribution in [0.4, 0.5) is 13.6 Å². The summed E-state index contributed by atoms with van der Waals surface area (Å²) in [5.41, 5.74) is 0.229. The molecule has 0 spiro atoms. The minimum absolute atomic E-state index is 0.0437. The average Bonchev–Trinajstić information content (AvgIpc) is 2.53. The minimum atomic E-state index is -2.96. The van der Waals surface area contributed by atoms with Gasteiger partial charge >= 0.3 is 6.09 Å². The van der Waals surface area contributed by atoms with Gasteiger partial charge in [-0.2, -0.15) is 0 Å². The summed E-state index contributed by atoms with van der Waals surface area (Å²) in [4.78, 5) is 30.0. The quantitative estimate of drug-likeness (QED) is 0.712. The van der Waals surface area contributed by atoms with Gasteiger partial charge in [-0.05, 0) is 61.7 Å². The Kier molecular flexibility index (Phi) is 6.44. The summed E-state index contributed by atoms with van der Waals surface area (Å²) in [6, 6.07) is 0.971. The van der Waals surface area contributed by atoms with Crippen LogP contribution in [0.1, 0.15) is 49.5 Å². The van der Waals surface area contributed by atoms with E-state index in [9.17, 15) is 18.4 Å². The van der Waals surface area contributed by atoms with E-state index in [0.717, 1.165) is 4.90 Å². The topological polar surface area (TPSA) is 71.5 Å². The molecule has 0 aromatic carbocycles. The molecule has 1 N–H and O–H groups in total. The van der Waals surface area contributed by atoms with Crippen molar-refractivity contribution in [1.82, 2.24) is 15.2 Å². The molecule has 1 aromatic rings. The number of alkyl carbamates (subject to hydrolysis) is 1. The molecule has 9 heteroatoms. The normalized spacial score (nSPS) is 19.5. The Labute approximate surface area is 165 Å². The number of nitrogens with zero attached hydrogens (tertiary/aromatic N) is 2. The highest BCUT2D eigenvalue weighted by Gasteiger charge is 2.42. The second kappa shape index (κ2) is 8.08. The van der Waals surface area contributed by atoms with Crippen molar-refractivity contribution in [1.29, 1.82) is 0 Å². The van der Waals surface area contributed by atoms with Crippen LogP contribution in [-0.2, 0) is 4.74 Å². The van der Waals surface area contributed by atoms with E-state index < -0.39 is 36.1 Å². The van der Waals surface area contributed by atoms with Gasteiger partial charge in [-0.1, -0.05) is 0 Å². The summed E-state index contributed by atoms with van der Waals surface area (Å²) in [5, 5.41) is 2.58. The first kappa shape index (κ1) is 21.5. The summed E-state index contributed by atoms with van der Waals surface area (Å²) in [6.07, 6.45) is 0.610. The van der Waals surface area contributed by atoms with Gasteiger partial charge in [0.15, 0.2) is 0 Å². The molecule has 6 nitrogen and oxygen atoms in total. The SMILES string of the molecule is Cc1cnc(Br)cc1C(=O)N1CC(F)(F)CC[C@@H]1CNC(=O)OC(C)(C)C. The number of nitrogens with one attached hydrogen (secondary N) is 1. The molecular weight excluding hydrogens is 424 g/mol. The maximum atomic E-state index is 14.0. The van der Waals surface area contributed by atoms with E-state index in [1.807, 2.05) is 0 Å². The molecule has 1 atom stereocenters. The summed E-state index contributed by atoms with van der Waals surface area (Å²) in [6.45, 7) is 6.24. The predicted molar refractivity (Wildman–Crippen MR) is 99.9 cm³/mol. The third kappa shape index (κ3) is 6.12. The van der Waals surface area contributed by atoms with Crippen LogP contribution in [0.25, 0.3) is 0 Å². The minimum Gasteiger partial charge on any atom is -0.444 e. The standard InChI is InChI=1S/C18H24BrF2N3O3/c1-11-8-22-14(19)7-13(11)15(25)24-10-18(20,21)6-5-12(24)9-23-16(26)27-17(2,3)4/h7-8,12H,5-6,9-10H2,1-4H3,(H,23,26)/t12-/m1/s1. The van der Waals surface area contributed by atoms with Crippen molar-refractivity contribution in [3.63, 3.8) is 0 Å². The Bertz CT molecular complexity index is 722. The molecule has 1 saturated heterocycles. The van der Waals surface area contributed by atoms with Crippen LogP contribution in [-0.4, -0.2) is 52.5 Å². The number of pyridine rings is 1. The van der Waals surface area contributed by atoms with Crippen LogP contribution in [0.3, 0.4) is 0 Å². The highest BCUT2D eigenvalue weighted by atomic mass is 79.9. The first-order chi connectivity index (χ1) is 12.4. The maximum absolute atomic E-state index is 14.0. The Morgan fingerprint density at radius 2 is 2.11 bits per heavy atom. The summed E-state index contributed by atoms with van der Waals surface area (Å²) < 4.78 is 33.6. The van der Waals surface area contributed by atoms with Gasteiger partial charge in [0.05, 0.1) is 6.54 Å². The van der Waals surface area contributed by atoms with Crippen LogP contribution in [0, 0.1) is 6.92 Å². The molecule has 2 amide bonds. The van der Waals surface area contributed by atoms with Crippen LogP contribution in [0.15, 0.2) is 16.9 Å². The van der Waals surface area contributed by atoms with Crippen molar-refractivity contribution < 1.29 is 23.1 Å². The van der Waals surface area contributed by atoms with E-state index in [-0.39, 0.29) is 19.4 Å². The molecule has 150 valence electrons. The third-order valence-electron chi connectivity index (χ3n) is 4.13. The third-order valence-corrected chi connectivity index (χ3v) is 4.56. The van der Waals surface area contributed by atoms with Gasteiger partial charge in [-0.15, -0.1) is 0 Å². The number of rotatable bonds is 3. The summed E-state index contributed by atoms with van der Waals surface area (Å²) in [7, 11) is 0. The largest absolute Gasteiger partial charge is 0.444 e. The second-order valence-electron chi connectivity index (χ2n) is 7.69. The van der Waals surface area contributed by atoms with Crippen molar-refractivity contribution in [3.8, 4) is 0 Å². The van der Waals surface area contributed by atoms with Crippen molar-refractivity contribution in [2.45, 2.75) is 58.1 Å². The van der Waals surface area contributed by atoms with Crippen molar-refractivity contribution in [3.05, 3.63) is 28.0 Å². The highest BCUT2D eigenvalue weighted by Crippen LogP contribution is 2.31. The summed E-state index contributed by atoms with van der Waals surface area (Å²) >= 11 is 3.20. The van der Waals surface area contributed by atoms with Gasteiger partial charge in [-0.25, -0.2) is 18.6 Å². The van der Waals surface area contributed by atoms with Gasteiger partial charge in [-0.3, -0.25) is 4.79 Å². The van der Waals surface area contributed by atoms with Crippen molar-refractivity contribution >= 4 is 27.9 Å². The van der Waals surface area contributed by atoms with Crippen LogP contribution < -0.4 is 5.32 Å². The van der Waals surface area contributed by atoms with Gasteiger partial charge in [0.1, 0.15) is 10.2 Å². The zero-order valence-electron chi connectivity index (χ0n) is 15.8. The number of aromatic nitrogens is 1. The zero-order chi connectivity index (χ0) is 20.4. The number of halogens is 3. The highest BCUT2D eigenvalue weighted by molar-refractivity contribution is 9.10. The number of hydrogen-bond donors (Lipinski definition) is 1. The van der Waals surface area contributed by atoms with E-state index in [1.54, 1.807) is 27.7 Å². The van der Waals surface area contributed by atoms with Crippen LogP contribution >= 0.6 is 15.9 Å². The molecular formula is C18H24BrF2N3O3. The first-order valence-corrected chi connectivity index (χ1v) is 9.45. The lowest BCUT2D eigenvalue weighted by molar-refractivity contribution is -0.0717. The molecule has 1 aliphatic heterocycles. The fourth-order valence-corrected chi connectivity index (χ4v) is 3.17. The number of likely N-dealkylation sites (tertiary alicyclic amines) is 1. The molecule has 0 aliphatic carbocycles. The number of carbonyl (C=O) groups excluding carboxylic acids is 2. The van der Waals surface area contributed by atoms with Crippen molar-refractivity contribution in [2.24, 2.45) is 0 Å². The number of amides is 2. The Morgan fingerprint density at radius 1 is 1.44 bits per heavy atom. The smallest absolute Gasteiger partial charge is 0.407 e. The maximum Gasteiger partial charge on any atom is 0.407 e. The van der Waals surface area contributed by atoms with E-state index in [1.165, 1.54) is 12.3 Å². The van der Waals surface area contributed by atoms with Crippen LogP contribution in [0.2, 0.25) is 0 Å². The second-order valence-corrected chi connectivity index (χ2v) is 8.50. The molecule has 2 heterocycles. The number of ether oxygens (including phenoxy) is 1. The van der Waals surface area contributed by atoms with Gasteiger partial charge in [0.25, 0.3) is 11.8 Å². The fourth-order valence-electron chi connectivity index (χ4n) is 2.84. The Morgan fingerprint density at radius 3 is 2.74 bits per heavy atom. The Hall–Kier alpha value is -1.77. The lowest BCUT2D eigenvalue weighted by Gasteiger charge is -2.39. The van der Waals surface area contributed by atoms with Crippen LogP contribution in [0.5, 0.6) is 0 Å². The lowest BCUT2D eigenvalue weighted by Crippen LogP contribution is -2.55. The van der Waals surface area contributed by atoms with E-state index >= 15 is 0 Å². The van der Waals surface area contributed by atoms with E-state index in [4.69, 9.17) is 4.74 Å². The zero-order valence-corrected chi connectivity index (χ0v) is 17.4. The summed E-state index contributed by atoms with van der Waals surface area (Å²) in [5.74, 6) is -3.47. The van der Waals surface area contributed by atoms with E-state index in [0.29, 0.717) is 15.7 Å². The fraction of sp³-hybridized carbons (Fsp3) is 0.611. The predicted octanol–water partition coefficient (Wildman–Crippen LogP) is 3.92. The number of carbonyl (C=O) groups is 2. The number of alkyl halides is 2. The molecule has 1 fully saturated rings. The first-order valence-electron chi connectivity index (χ1n) is 8.66. The number of aryl methyl sites for hydroxylation is 1. The molecule has 0 unspecified atom stereocenters. The molecule has 2 rings (SSSR count). The van der Waals surface area contributed by atoms with Gasteiger partial charge in [0.2, 0.25) is 0 Å². The molecule has 0 radical (unpaired) electrons. The monoisotopic (exact) mass is 447 g/mol. The van der Waals surface area contributed by atoms with Crippen molar-refractivity contribution in [2.75, 3.05) is 13.1 Å². The molecule has 1 aliphatic rings. The molecule has 1 aromatic heterocycles. The van der Waals surface area contributed by atoms with E-state index in [2.05, 4.69) is 26.2 Å². The van der Waals surface area contributed by atoms with Gasteiger partial charge in [0, 0.05) is 30.8 Å². The number of hydrogen-bond acceptors (Lipinski definition) is 4. The number of piperidine rings is 1. The van der Waals surface area contributed by atoms with Gasteiger partial charge < -0.3 is 15.0 Å². The lowest BCUT2D eigenvalue weighted by atomic mass is 9.97.